The second-order valence-electron chi connectivity index (χ2n) is 4.51. The maximum absolute atomic E-state index is 12.0. The fraction of sp³-hybridized carbons (Fsp3) is 0.385. The zero-order valence-electron chi connectivity index (χ0n) is 11.1. The average molecular weight is 309 g/mol. The maximum Gasteiger partial charge on any atom is 0.345 e. The molecule has 0 amide bonds. The van der Waals surface area contributed by atoms with E-state index in [1.54, 1.807) is 18.3 Å². The zero-order valence-corrected chi connectivity index (χ0v) is 12.7. The van der Waals surface area contributed by atoms with Crippen LogP contribution in [-0.4, -0.2) is 23.5 Å². The minimum Gasteiger partial charge on any atom is -0.462 e. The number of ether oxygens (including phenoxy) is 1. The highest BCUT2D eigenvalue weighted by molar-refractivity contribution is 7.11. The van der Waals surface area contributed by atoms with Gasteiger partial charge in [0.1, 0.15) is 10.6 Å². The summed E-state index contributed by atoms with van der Waals surface area (Å²) in [7, 11) is 0. The Morgan fingerprint density at radius 1 is 1.60 bits per heavy atom. The molecule has 106 valence electrons. The van der Waals surface area contributed by atoms with E-state index in [0.717, 1.165) is 24.5 Å². The number of thiophene rings is 1. The third-order valence-electron chi connectivity index (χ3n) is 3.27. The Kier molecular flexibility index (Phi) is 3.62. The molecule has 0 radical (unpaired) electrons. The van der Waals surface area contributed by atoms with Gasteiger partial charge in [-0.1, -0.05) is 0 Å². The standard InChI is InChI=1S/C13H15N3O2S2/c1-2-18-13(17)10-11(14)15-20-12(10)16-5-3-9-8(7-16)4-6-19-9/h4,6H,2-3,5,7H2,1H3,(H2,14,15). The molecule has 3 rings (SSSR count). The molecule has 2 aromatic rings. The predicted octanol–water partition coefficient (Wildman–Crippen LogP) is 2.53. The van der Waals surface area contributed by atoms with Crippen LogP contribution in [0.2, 0.25) is 0 Å². The minimum atomic E-state index is -0.384. The lowest BCUT2D eigenvalue weighted by atomic mass is 10.1. The molecule has 0 aromatic carbocycles. The second-order valence-corrected chi connectivity index (χ2v) is 6.26. The number of rotatable bonds is 3. The third kappa shape index (κ3) is 2.27. The summed E-state index contributed by atoms with van der Waals surface area (Å²) in [5, 5.41) is 2.93. The summed E-state index contributed by atoms with van der Waals surface area (Å²) in [6.07, 6.45) is 0.993. The SMILES string of the molecule is CCOC(=O)c1c(N)nsc1N1CCc2sccc2C1. The first-order valence-corrected chi connectivity index (χ1v) is 8.08. The van der Waals surface area contributed by atoms with Gasteiger partial charge in [0.2, 0.25) is 0 Å². The minimum absolute atomic E-state index is 0.263. The predicted molar refractivity (Wildman–Crippen MR) is 81.6 cm³/mol. The number of carbonyl (C=O) groups is 1. The number of aromatic nitrogens is 1. The molecule has 0 spiro atoms. The van der Waals surface area contributed by atoms with Crippen molar-refractivity contribution in [1.82, 2.24) is 4.37 Å². The van der Waals surface area contributed by atoms with Crippen LogP contribution >= 0.6 is 22.9 Å². The average Bonchev–Trinajstić information content (AvgIpc) is 3.04. The van der Waals surface area contributed by atoms with Gasteiger partial charge in [0.15, 0.2) is 5.82 Å². The summed E-state index contributed by atoms with van der Waals surface area (Å²) in [4.78, 5) is 15.6. The van der Waals surface area contributed by atoms with Crippen molar-refractivity contribution in [2.24, 2.45) is 0 Å². The summed E-state index contributed by atoms with van der Waals surface area (Å²) >= 11 is 3.06. The lowest BCUT2D eigenvalue weighted by Crippen LogP contribution is -2.30. The van der Waals surface area contributed by atoms with Gasteiger partial charge in [-0.15, -0.1) is 11.3 Å². The van der Waals surface area contributed by atoms with Crippen molar-refractivity contribution in [3.8, 4) is 0 Å². The number of fused-ring (bicyclic) bond motifs is 1. The Hall–Kier alpha value is -1.60. The molecule has 2 aromatic heterocycles. The number of nitrogens with zero attached hydrogens (tertiary/aromatic N) is 2. The van der Waals surface area contributed by atoms with Gasteiger partial charge in [-0.05, 0) is 41.9 Å². The fourth-order valence-electron chi connectivity index (χ4n) is 2.33. The molecular weight excluding hydrogens is 294 g/mol. The molecule has 0 saturated heterocycles. The van der Waals surface area contributed by atoms with E-state index in [0.29, 0.717) is 12.2 Å². The van der Waals surface area contributed by atoms with Crippen LogP contribution in [0.25, 0.3) is 0 Å². The summed E-state index contributed by atoms with van der Waals surface area (Å²) in [6, 6.07) is 2.14. The van der Waals surface area contributed by atoms with Gasteiger partial charge >= 0.3 is 5.97 Å². The van der Waals surface area contributed by atoms with Crippen molar-refractivity contribution in [3.63, 3.8) is 0 Å². The normalized spacial score (nSPS) is 14.2. The van der Waals surface area contributed by atoms with E-state index in [9.17, 15) is 4.79 Å². The quantitative estimate of drug-likeness (QED) is 0.882. The second kappa shape index (κ2) is 5.41. The zero-order chi connectivity index (χ0) is 14.1. The van der Waals surface area contributed by atoms with Gasteiger partial charge in [-0.3, -0.25) is 0 Å². The molecule has 0 atom stereocenters. The molecule has 3 heterocycles. The Labute approximate surface area is 125 Å². The van der Waals surface area contributed by atoms with Gasteiger partial charge in [0.25, 0.3) is 0 Å². The van der Waals surface area contributed by atoms with Crippen molar-refractivity contribution in [1.29, 1.82) is 0 Å². The van der Waals surface area contributed by atoms with E-state index in [4.69, 9.17) is 10.5 Å². The molecule has 20 heavy (non-hydrogen) atoms. The Morgan fingerprint density at radius 2 is 2.45 bits per heavy atom. The van der Waals surface area contributed by atoms with E-state index in [1.165, 1.54) is 22.0 Å². The molecule has 5 nitrogen and oxygen atoms in total. The number of anilines is 2. The first kappa shape index (κ1) is 13.4. The van der Waals surface area contributed by atoms with E-state index in [1.807, 2.05) is 0 Å². The smallest absolute Gasteiger partial charge is 0.345 e. The lowest BCUT2D eigenvalue weighted by molar-refractivity contribution is 0.0528. The number of nitrogen functional groups attached to an aromatic ring is 1. The highest BCUT2D eigenvalue weighted by Gasteiger charge is 2.27. The van der Waals surface area contributed by atoms with Crippen LogP contribution in [0, 0.1) is 0 Å². The van der Waals surface area contributed by atoms with Crippen LogP contribution in [0.15, 0.2) is 11.4 Å². The molecule has 7 heteroatoms. The summed E-state index contributed by atoms with van der Waals surface area (Å²) < 4.78 is 9.19. The molecule has 0 bridgehead atoms. The lowest BCUT2D eigenvalue weighted by Gasteiger charge is -2.27. The number of hydrogen-bond donors (Lipinski definition) is 1. The van der Waals surface area contributed by atoms with E-state index in [-0.39, 0.29) is 11.8 Å². The summed E-state index contributed by atoms with van der Waals surface area (Å²) in [6.45, 7) is 3.79. The van der Waals surface area contributed by atoms with Gasteiger partial charge < -0.3 is 15.4 Å². The first-order valence-electron chi connectivity index (χ1n) is 6.43. The van der Waals surface area contributed by atoms with Gasteiger partial charge in [-0.2, -0.15) is 4.37 Å². The molecule has 0 aliphatic carbocycles. The number of esters is 1. The Balaban J connectivity index is 1.90. The van der Waals surface area contributed by atoms with E-state index >= 15 is 0 Å². The molecule has 1 aliphatic rings. The topological polar surface area (TPSA) is 68.5 Å². The number of carbonyl (C=O) groups excluding carboxylic acids is 1. The Bertz CT molecular complexity index is 635. The fourth-order valence-corrected chi connectivity index (χ4v) is 4.04. The summed E-state index contributed by atoms with van der Waals surface area (Å²) in [5.74, 6) is -0.121. The van der Waals surface area contributed by atoms with Crippen molar-refractivity contribution < 1.29 is 9.53 Å². The van der Waals surface area contributed by atoms with Crippen molar-refractivity contribution in [2.45, 2.75) is 19.9 Å². The molecular formula is C13H15N3O2S2. The Morgan fingerprint density at radius 3 is 3.25 bits per heavy atom. The summed E-state index contributed by atoms with van der Waals surface area (Å²) in [5.41, 5.74) is 7.56. The van der Waals surface area contributed by atoms with Crippen LogP contribution in [0.4, 0.5) is 10.8 Å². The van der Waals surface area contributed by atoms with Gasteiger partial charge in [0.05, 0.1) is 6.61 Å². The van der Waals surface area contributed by atoms with Crippen LogP contribution in [0.1, 0.15) is 27.7 Å². The highest BCUT2D eigenvalue weighted by atomic mass is 32.1. The molecule has 1 aliphatic heterocycles. The molecule has 0 unspecified atom stereocenters. The van der Waals surface area contributed by atoms with Crippen molar-refractivity contribution >= 4 is 39.7 Å². The van der Waals surface area contributed by atoms with E-state index in [2.05, 4.69) is 20.7 Å². The molecule has 0 fully saturated rings. The maximum atomic E-state index is 12.0. The van der Waals surface area contributed by atoms with Gasteiger partial charge in [0, 0.05) is 18.0 Å². The van der Waals surface area contributed by atoms with Gasteiger partial charge in [-0.25, -0.2) is 4.79 Å². The highest BCUT2D eigenvalue weighted by Crippen LogP contribution is 2.35. The molecule has 2 N–H and O–H groups in total. The number of hydrogen-bond acceptors (Lipinski definition) is 7. The van der Waals surface area contributed by atoms with Crippen LogP contribution < -0.4 is 10.6 Å². The van der Waals surface area contributed by atoms with Crippen molar-refractivity contribution in [2.75, 3.05) is 23.8 Å². The van der Waals surface area contributed by atoms with Crippen LogP contribution in [0.5, 0.6) is 0 Å². The van der Waals surface area contributed by atoms with Crippen LogP contribution in [-0.2, 0) is 17.7 Å². The van der Waals surface area contributed by atoms with Crippen molar-refractivity contribution in [3.05, 3.63) is 27.5 Å². The third-order valence-corrected chi connectivity index (χ3v) is 5.22. The largest absolute Gasteiger partial charge is 0.462 e. The number of nitrogens with two attached hydrogens (primary N) is 1. The van der Waals surface area contributed by atoms with E-state index < -0.39 is 0 Å². The first-order chi connectivity index (χ1) is 9.70. The molecule has 0 saturated carbocycles. The monoisotopic (exact) mass is 309 g/mol. The van der Waals surface area contributed by atoms with Crippen LogP contribution in [0.3, 0.4) is 0 Å².